The molecule has 0 aliphatic heterocycles. The molecule has 0 bridgehead atoms. The van der Waals surface area contributed by atoms with E-state index in [9.17, 15) is 29.7 Å². The molecule has 6 rings (SSSR count). The average molecular weight is 784 g/mol. The van der Waals surface area contributed by atoms with Gasteiger partial charge in [0.15, 0.2) is 0 Å². The van der Waals surface area contributed by atoms with E-state index >= 15 is 0 Å². The maximum atomic E-state index is 11.2. The number of aromatic carboxylic acids is 3. The van der Waals surface area contributed by atoms with Crippen LogP contribution in [0.25, 0.3) is 34.2 Å². The minimum atomic E-state index is -1.23. The van der Waals surface area contributed by atoms with Crippen LogP contribution in [-0.4, -0.2) is 52.9 Å². The Morgan fingerprint density at radius 2 is 0.731 bits per heavy atom. The van der Waals surface area contributed by atoms with Gasteiger partial charge in [0.1, 0.15) is 5.69 Å². The first kappa shape index (κ1) is 40.4. The number of hydrogen-bond donors (Lipinski definition) is 1. The minimum absolute atomic E-state index is 0. The number of hydrogen-bond acceptors (Lipinski definition) is 11. The molecule has 0 aromatic carbocycles. The molecule has 6 heterocycles. The van der Waals surface area contributed by atoms with E-state index < -0.39 is 17.9 Å². The summed E-state index contributed by atoms with van der Waals surface area (Å²) < 4.78 is 0. The summed E-state index contributed by atoms with van der Waals surface area (Å²) in [5, 5.41) is 31.5. The monoisotopic (exact) mass is 784 g/mol. The van der Waals surface area contributed by atoms with Gasteiger partial charge >= 0.3 is 25.4 Å². The van der Waals surface area contributed by atoms with Gasteiger partial charge in [0.05, 0.1) is 46.0 Å². The molecule has 1 N–H and O–H groups in total. The summed E-state index contributed by atoms with van der Waals surface area (Å²) in [4.78, 5) is 58.2. The predicted octanol–water partition coefficient (Wildman–Crippen LogP) is 4.70. The molecule has 6 aromatic heterocycles. The van der Waals surface area contributed by atoms with Crippen molar-refractivity contribution in [1.29, 1.82) is 0 Å². The maximum Gasteiger partial charge on any atom is 2.00 e. The van der Waals surface area contributed by atoms with Crippen LogP contribution in [0.4, 0.5) is 0 Å². The molecule has 0 saturated heterocycles. The molecule has 0 aliphatic carbocycles. The number of pyridine rings is 6. The van der Waals surface area contributed by atoms with Crippen LogP contribution in [0.15, 0.2) is 91.8 Å². The fourth-order valence-corrected chi connectivity index (χ4v) is 5.04. The van der Waals surface area contributed by atoms with Crippen LogP contribution in [-0.2, 0) is 19.5 Å². The number of carbonyl (C=O) groups excluding carboxylic acids is 2. The van der Waals surface area contributed by atoms with Crippen molar-refractivity contribution in [3.05, 3.63) is 142 Å². The zero-order chi connectivity index (χ0) is 37.2. The molecule has 0 radical (unpaired) electrons. The molecular formula is C39H34N6O6Ru. The van der Waals surface area contributed by atoms with Crippen molar-refractivity contribution in [3.63, 3.8) is 0 Å². The van der Waals surface area contributed by atoms with E-state index in [1.165, 1.54) is 0 Å². The molecule has 0 aliphatic rings. The van der Waals surface area contributed by atoms with E-state index in [0.717, 1.165) is 16.7 Å². The number of carboxylic acid groups (broad SMARTS) is 3. The van der Waals surface area contributed by atoms with Crippen molar-refractivity contribution in [1.82, 2.24) is 29.9 Å². The van der Waals surface area contributed by atoms with Crippen molar-refractivity contribution in [3.8, 4) is 34.2 Å². The van der Waals surface area contributed by atoms with Crippen LogP contribution in [0.3, 0.4) is 0 Å². The van der Waals surface area contributed by atoms with Crippen molar-refractivity contribution in [2.75, 3.05) is 0 Å². The van der Waals surface area contributed by atoms with E-state index in [1.807, 2.05) is 45.0 Å². The normalized spacial score (nSPS) is 10.0. The Morgan fingerprint density at radius 1 is 0.462 bits per heavy atom. The topological polar surface area (TPSA) is 195 Å². The predicted molar refractivity (Wildman–Crippen MR) is 186 cm³/mol. The molecule has 0 spiro atoms. The summed E-state index contributed by atoms with van der Waals surface area (Å²) in [6.07, 6.45) is 9.66. The molecular weight excluding hydrogens is 750 g/mol. The third kappa shape index (κ3) is 10.0. The summed E-state index contributed by atoms with van der Waals surface area (Å²) in [5.74, 6) is -3.43. The Morgan fingerprint density at radius 3 is 1.00 bits per heavy atom. The van der Waals surface area contributed by atoms with E-state index in [0.29, 0.717) is 50.9 Å². The number of nitrogens with zero attached hydrogens (tertiary/aromatic N) is 6. The largest absolute Gasteiger partial charge is 2.00 e. The molecule has 0 atom stereocenters. The Hall–Kier alpha value is -6.07. The zero-order valence-corrected chi connectivity index (χ0v) is 30.9. The number of carbonyl (C=O) groups is 3. The molecule has 0 saturated carbocycles. The quantitative estimate of drug-likeness (QED) is 0.229. The third-order valence-electron chi connectivity index (χ3n) is 7.57. The minimum Gasteiger partial charge on any atom is -0.545 e. The molecule has 0 amide bonds. The van der Waals surface area contributed by atoms with Gasteiger partial charge in [-0.2, -0.15) is 0 Å². The molecule has 264 valence electrons. The van der Waals surface area contributed by atoms with Gasteiger partial charge in [0, 0.05) is 48.3 Å². The fraction of sp³-hybridized carbons (Fsp3) is 0.154. The van der Waals surface area contributed by atoms with Gasteiger partial charge in [-0.3, -0.25) is 29.9 Å². The Kier molecular flexibility index (Phi) is 14.2. The van der Waals surface area contributed by atoms with Crippen LogP contribution in [0.1, 0.15) is 64.5 Å². The van der Waals surface area contributed by atoms with Gasteiger partial charge < -0.3 is 24.9 Å². The molecule has 0 fully saturated rings. The van der Waals surface area contributed by atoms with Gasteiger partial charge in [-0.15, -0.1) is 0 Å². The molecule has 6 aromatic rings. The van der Waals surface area contributed by atoms with E-state index in [2.05, 4.69) is 29.9 Å². The molecule has 13 heteroatoms. The first-order valence-corrected chi connectivity index (χ1v) is 15.6. The van der Waals surface area contributed by atoms with Crippen molar-refractivity contribution in [2.24, 2.45) is 0 Å². The summed E-state index contributed by atoms with van der Waals surface area (Å²) in [7, 11) is 0. The number of rotatable bonds is 6. The SMILES string of the molecule is Cc1ccnc(-c2nccc(C)c2C(=O)O)c1.Cc1ccnc(-c2nccc(C)c2C(=O)[O-])c1.Cc1ccnc(-c2nccc(C)c2C(=O)[O-])c1.[Ru+2]. The molecule has 0 unspecified atom stereocenters. The molecule has 12 nitrogen and oxygen atoms in total. The Bertz CT molecular complexity index is 1990. The number of aromatic nitrogens is 6. The van der Waals surface area contributed by atoms with Crippen molar-refractivity contribution in [2.45, 2.75) is 41.5 Å². The average Bonchev–Trinajstić information content (AvgIpc) is 3.08. The summed E-state index contributed by atoms with van der Waals surface area (Å²) >= 11 is 0. The second-order valence-electron chi connectivity index (χ2n) is 11.6. The van der Waals surface area contributed by atoms with Crippen molar-refractivity contribution >= 4 is 17.9 Å². The zero-order valence-electron chi connectivity index (χ0n) is 29.2. The van der Waals surface area contributed by atoms with Crippen LogP contribution < -0.4 is 10.2 Å². The Balaban J connectivity index is 0.000000208. The van der Waals surface area contributed by atoms with Gasteiger partial charge in [-0.05, 0) is 130 Å². The van der Waals surface area contributed by atoms with Crippen LogP contribution in [0.5, 0.6) is 0 Å². The van der Waals surface area contributed by atoms with Gasteiger partial charge in [0.25, 0.3) is 0 Å². The van der Waals surface area contributed by atoms with Crippen molar-refractivity contribution < 1.29 is 49.2 Å². The van der Waals surface area contributed by atoms with Gasteiger partial charge in [0.2, 0.25) is 0 Å². The summed E-state index contributed by atoms with van der Waals surface area (Å²) in [5.41, 5.74) is 8.19. The summed E-state index contributed by atoms with van der Waals surface area (Å²) in [6.45, 7) is 10.9. The fourth-order valence-electron chi connectivity index (χ4n) is 5.04. The standard InChI is InChI=1S/3C13H12N2O2.Ru/c3*1-8-3-5-14-10(7-8)12-11(13(16)17)9(2)4-6-15-12;/h3*3-7H,1-2H3,(H,16,17);/q;;;+2/p-2. The maximum absolute atomic E-state index is 11.2. The Labute approximate surface area is 313 Å². The van der Waals surface area contributed by atoms with Crippen LogP contribution in [0.2, 0.25) is 0 Å². The first-order valence-electron chi connectivity index (χ1n) is 15.6. The summed E-state index contributed by atoms with van der Waals surface area (Å²) in [6, 6.07) is 15.9. The number of carboxylic acids is 3. The number of aryl methyl sites for hydroxylation is 6. The van der Waals surface area contributed by atoms with Crippen LogP contribution in [0, 0.1) is 41.5 Å². The van der Waals surface area contributed by atoms with E-state index in [1.54, 1.807) is 88.3 Å². The second-order valence-corrected chi connectivity index (χ2v) is 11.6. The van der Waals surface area contributed by atoms with E-state index in [-0.39, 0.29) is 36.2 Å². The first-order chi connectivity index (χ1) is 24.3. The van der Waals surface area contributed by atoms with Crippen LogP contribution >= 0.6 is 0 Å². The van der Waals surface area contributed by atoms with Gasteiger partial charge in [-0.25, -0.2) is 4.79 Å². The second kappa shape index (κ2) is 18.3. The molecule has 52 heavy (non-hydrogen) atoms. The van der Waals surface area contributed by atoms with E-state index in [4.69, 9.17) is 0 Å². The third-order valence-corrected chi connectivity index (χ3v) is 7.57. The smallest absolute Gasteiger partial charge is 0.545 e. The van der Waals surface area contributed by atoms with Gasteiger partial charge in [-0.1, -0.05) is 0 Å².